The maximum atomic E-state index is 11.8. The molecule has 2 rings (SSSR count). The molecule has 0 spiro atoms. The van der Waals surface area contributed by atoms with Crippen molar-refractivity contribution in [3.05, 3.63) is 40.1 Å². The van der Waals surface area contributed by atoms with E-state index in [1.807, 2.05) is 0 Å². The summed E-state index contributed by atoms with van der Waals surface area (Å²) in [6.45, 7) is 0.230. The van der Waals surface area contributed by atoms with Crippen LogP contribution in [0.4, 0.5) is 0 Å². The Bertz CT molecular complexity index is 578. The third-order valence-electron chi connectivity index (χ3n) is 2.11. The van der Waals surface area contributed by atoms with Gasteiger partial charge < -0.3 is 15.4 Å². The number of aromatic nitrogens is 2. The molecule has 0 radical (unpaired) electrons. The lowest BCUT2D eigenvalue weighted by atomic mass is 10.4. The lowest BCUT2D eigenvalue weighted by molar-refractivity contribution is 0.0954. The Labute approximate surface area is 108 Å². The molecule has 0 fully saturated rings. The highest BCUT2D eigenvalue weighted by molar-refractivity contribution is 7.14. The smallest absolute Gasteiger partial charge is 0.261 e. The molecule has 92 valence electrons. The van der Waals surface area contributed by atoms with Crippen molar-refractivity contribution in [1.82, 2.24) is 15.3 Å². The average Bonchev–Trinajstić information content (AvgIpc) is 3.04. The SMILES string of the molecule is O=C(NCc1cnc[nH]1)c1ccc(C#CCO)s1. The van der Waals surface area contributed by atoms with Gasteiger partial charge >= 0.3 is 0 Å². The zero-order chi connectivity index (χ0) is 12.8. The number of imidazole rings is 1. The summed E-state index contributed by atoms with van der Waals surface area (Å²) in [5.41, 5.74) is 0.847. The second kappa shape index (κ2) is 6.00. The van der Waals surface area contributed by atoms with Gasteiger partial charge in [0.05, 0.1) is 28.3 Å². The molecule has 2 aromatic heterocycles. The molecule has 0 aromatic carbocycles. The Morgan fingerprint density at radius 1 is 1.56 bits per heavy atom. The van der Waals surface area contributed by atoms with E-state index in [1.54, 1.807) is 24.7 Å². The molecule has 1 amide bonds. The Hall–Kier alpha value is -2.10. The lowest BCUT2D eigenvalue weighted by Gasteiger charge is -2.00. The second-order valence-corrected chi connectivity index (χ2v) is 4.47. The summed E-state index contributed by atoms with van der Waals surface area (Å²) in [5.74, 6) is 5.16. The number of hydrogen-bond acceptors (Lipinski definition) is 4. The molecule has 6 heteroatoms. The number of H-pyrrole nitrogens is 1. The number of amides is 1. The van der Waals surface area contributed by atoms with Crippen LogP contribution in [0.3, 0.4) is 0 Å². The van der Waals surface area contributed by atoms with Crippen LogP contribution in [0, 0.1) is 11.8 Å². The summed E-state index contributed by atoms with van der Waals surface area (Å²) < 4.78 is 0. The van der Waals surface area contributed by atoms with Gasteiger partial charge in [-0.1, -0.05) is 11.8 Å². The van der Waals surface area contributed by atoms with Crippen LogP contribution in [-0.2, 0) is 6.54 Å². The number of aliphatic hydroxyl groups excluding tert-OH is 1. The fourth-order valence-corrected chi connectivity index (χ4v) is 2.09. The molecule has 0 bridgehead atoms. The minimum atomic E-state index is -0.181. The van der Waals surface area contributed by atoms with E-state index >= 15 is 0 Å². The standard InChI is InChI=1S/C12H11N3O2S/c16-5-1-2-10-3-4-11(18-10)12(17)14-7-9-6-13-8-15-9/h3-4,6,8,16H,5,7H2,(H,13,15)(H,14,17). The van der Waals surface area contributed by atoms with Gasteiger partial charge in [0, 0.05) is 6.20 Å². The third kappa shape index (κ3) is 3.20. The van der Waals surface area contributed by atoms with E-state index in [0.717, 1.165) is 10.6 Å². The summed E-state index contributed by atoms with van der Waals surface area (Å²) in [5, 5.41) is 11.3. The Kier molecular flexibility index (Phi) is 4.12. The zero-order valence-electron chi connectivity index (χ0n) is 9.43. The monoisotopic (exact) mass is 261 g/mol. The van der Waals surface area contributed by atoms with Gasteiger partial charge in [-0.25, -0.2) is 4.98 Å². The van der Waals surface area contributed by atoms with Crippen molar-refractivity contribution in [2.45, 2.75) is 6.54 Å². The van der Waals surface area contributed by atoms with E-state index in [1.165, 1.54) is 11.3 Å². The maximum Gasteiger partial charge on any atom is 0.261 e. The number of carbonyl (C=O) groups excluding carboxylic acids is 1. The molecule has 18 heavy (non-hydrogen) atoms. The summed E-state index contributed by atoms with van der Waals surface area (Å²) >= 11 is 1.30. The van der Waals surface area contributed by atoms with Crippen molar-refractivity contribution < 1.29 is 9.90 Å². The molecule has 0 saturated heterocycles. The fraction of sp³-hybridized carbons (Fsp3) is 0.167. The topological polar surface area (TPSA) is 78.0 Å². The molecule has 0 unspecified atom stereocenters. The number of rotatable bonds is 3. The molecule has 5 nitrogen and oxygen atoms in total. The highest BCUT2D eigenvalue weighted by Crippen LogP contribution is 2.15. The second-order valence-electron chi connectivity index (χ2n) is 3.38. The third-order valence-corrected chi connectivity index (χ3v) is 3.11. The molecule has 3 N–H and O–H groups in total. The molecule has 0 atom stereocenters. The average molecular weight is 261 g/mol. The van der Waals surface area contributed by atoms with E-state index in [2.05, 4.69) is 27.1 Å². The van der Waals surface area contributed by atoms with Gasteiger partial charge in [0.1, 0.15) is 6.61 Å². The van der Waals surface area contributed by atoms with Crippen LogP contribution in [-0.4, -0.2) is 27.6 Å². The molecule has 0 saturated carbocycles. The first-order chi connectivity index (χ1) is 8.79. The normalized spacial score (nSPS) is 9.61. The lowest BCUT2D eigenvalue weighted by Crippen LogP contribution is -2.21. The van der Waals surface area contributed by atoms with E-state index in [-0.39, 0.29) is 12.5 Å². The molecular weight excluding hydrogens is 250 g/mol. The highest BCUT2D eigenvalue weighted by Gasteiger charge is 2.08. The zero-order valence-corrected chi connectivity index (χ0v) is 10.3. The maximum absolute atomic E-state index is 11.8. The number of carbonyl (C=O) groups is 1. The molecule has 2 aromatic rings. The van der Waals surface area contributed by atoms with Crippen LogP contribution in [0.25, 0.3) is 0 Å². The van der Waals surface area contributed by atoms with Crippen molar-refractivity contribution in [2.75, 3.05) is 6.61 Å². The molecular formula is C12H11N3O2S. The number of thiophene rings is 1. The first-order valence-corrected chi connectivity index (χ1v) is 6.06. The number of aromatic amines is 1. The van der Waals surface area contributed by atoms with Crippen LogP contribution in [0.2, 0.25) is 0 Å². The minimum Gasteiger partial charge on any atom is -0.384 e. The molecule has 2 heterocycles. The number of aliphatic hydroxyl groups is 1. The summed E-state index contributed by atoms with van der Waals surface area (Å²) in [4.78, 5) is 19.9. The van der Waals surface area contributed by atoms with Gasteiger partial charge in [0.2, 0.25) is 0 Å². The quantitative estimate of drug-likeness (QED) is 0.713. The molecule has 0 aliphatic rings. The van der Waals surface area contributed by atoms with E-state index < -0.39 is 0 Å². The van der Waals surface area contributed by atoms with Crippen LogP contribution in [0.5, 0.6) is 0 Å². The minimum absolute atomic E-state index is 0.147. The molecule has 0 aliphatic carbocycles. The number of hydrogen-bond donors (Lipinski definition) is 3. The fourth-order valence-electron chi connectivity index (χ4n) is 1.30. The van der Waals surface area contributed by atoms with Crippen LogP contribution in [0.15, 0.2) is 24.7 Å². The van der Waals surface area contributed by atoms with Crippen LogP contribution in [0.1, 0.15) is 20.2 Å². The van der Waals surface area contributed by atoms with Crippen LogP contribution >= 0.6 is 11.3 Å². The predicted octanol–water partition coefficient (Wildman–Crippen LogP) is 0.745. The first kappa shape index (κ1) is 12.4. The first-order valence-electron chi connectivity index (χ1n) is 5.24. The predicted molar refractivity (Wildman–Crippen MR) is 68.0 cm³/mol. The number of nitrogens with one attached hydrogen (secondary N) is 2. The summed E-state index contributed by atoms with van der Waals surface area (Å²) in [6, 6.07) is 3.48. The van der Waals surface area contributed by atoms with Crippen molar-refractivity contribution in [3.8, 4) is 11.8 Å². The van der Waals surface area contributed by atoms with Crippen molar-refractivity contribution in [1.29, 1.82) is 0 Å². The Morgan fingerprint density at radius 2 is 2.44 bits per heavy atom. The van der Waals surface area contributed by atoms with Gasteiger partial charge in [0.25, 0.3) is 5.91 Å². The molecule has 0 aliphatic heterocycles. The van der Waals surface area contributed by atoms with Gasteiger partial charge in [-0.15, -0.1) is 11.3 Å². The van der Waals surface area contributed by atoms with Crippen molar-refractivity contribution in [2.24, 2.45) is 0 Å². The largest absolute Gasteiger partial charge is 0.384 e. The number of nitrogens with zero attached hydrogens (tertiary/aromatic N) is 1. The van der Waals surface area contributed by atoms with Crippen LogP contribution < -0.4 is 5.32 Å². The Morgan fingerprint density at radius 3 is 3.17 bits per heavy atom. The van der Waals surface area contributed by atoms with E-state index in [0.29, 0.717) is 11.4 Å². The van der Waals surface area contributed by atoms with E-state index in [4.69, 9.17) is 5.11 Å². The summed E-state index contributed by atoms with van der Waals surface area (Å²) in [7, 11) is 0. The summed E-state index contributed by atoms with van der Waals surface area (Å²) in [6.07, 6.45) is 3.22. The van der Waals surface area contributed by atoms with Gasteiger partial charge in [0.15, 0.2) is 0 Å². The van der Waals surface area contributed by atoms with Crippen molar-refractivity contribution in [3.63, 3.8) is 0 Å². The Balaban J connectivity index is 1.94. The van der Waals surface area contributed by atoms with Gasteiger partial charge in [-0.05, 0) is 12.1 Å². The van der Waals surface area contributed by atoms with Gasteiger partial charge in [-0.2, -0.15) is 0 Å². The van der Waals surface area contributed by atoms with Crippen molar-refractivity contribution >= 4 is 17.2 Å². The highest BCUT2D eigenvalue weighted by atomic mass is 32.1. The van der Waals surface area contributed by atoms with Gasteiger partial charge in [-0.3, -0.25) is 4.79 Å². The van der Waals surface area contributed by atoms with E-state index in [9.17, 15) is 4.79 Å².